The minimum Gasteiger partial charge on any atom is -0.366 e. The first-order valence-electron chi connectivity index (χ1n) is 13.3. The molecule has 0 unspecified atom stereocenters. The summed E-state index contributed by atoms with van der Waals surface area (Å²) < 4.78 is 7.63. The van der Waals surface area contributed by atoms with E-state index in [1.165, 1.54) is 0 Å². The fourth-order valence-electron chi connectivity index (χ4n) is 6.00. The highest BCUT2D eigenvalue weighted by Crippen LogP contribution is 2.38. The highest BCUT2D eigenvalue weighted by Gasteiger charge is 2.32. The number of nitrogens with two attached hydrogens (primary N) is 1. The summed E-state index contributed by atoms with van der Waals surface area (Å²) in [6, 6.07) is 19.9. The molecule has 1 saturated heterocycles. The highest BCUT2D eigenvalue weighted by molar-refractivity contribution is 6.20. The van der Waals surface area contributed by atoms with Crippen molar-refractivity contribution in [2.75, 3.05) is 13.1 Å². The normalized spacial score (nSPS) is 14.9. The summed E-state index contributed by atoms with van der Waals surface area (Å²) in [7, 11) is 0. The van der Waals surface area contributed by atoms with Crippen molar-refractivity contribution in [1.29, 1.82) is 0 Å². The van der Waals surface area contributed by atoms with Gasteiger partial charge in [0.2, 0.25) is 5.91 Å². The Hall–Kier alpha value is -4.39. The van der Waals surface area contributed by atoms with Crippen molar-refractivity contribution >= 4 is 33.6 Å². The van der Waals surface area contributed by atoms with Gasteiger partial charge in [-0.05, 0) is 67.1 Å². The molecule has 3 aromatic carbocycles. The van der Waals surface area contributed by atoms with Crippen molar-refractivity contribution in [3.63, 3.8) is 0 Å². The molecule has 6 rings (SSSR count). The molecule has 198 valence electrons. The Labute approximate surface area is 227 Å². The molecule has 0 aliphatic carbocycles. The lowest BCUT2D eigenvalue weighted by Crippen LogP contribution is -2.30. The average Bonchev–Trinajstić information content (AvgIpc) is 3.55. The van der Waals surface area contributed by atoms with E-state index in [1.807, 2.05) is 61.2 Å². The molecule has 5 aromatic rings. The van der Waals surface area contributed by atoms with Gasteiger partial charge in [-0.2, -0.15) is 0 Å². The largest absolute Gasteiger partial charge is 0.366 e. The zero-order valence-electron chi connectivity index (χ0n) is 22.7. The van der Waals surface area contributed by atoms with Gasteiger partial charge in [0.1, 0.15) is 5.76 Å². The van der Waals surface area contributed by atoms with E-state index in [9.17, 15) is 9.59 Å². The van der Waals surface area contributed by atoms with E-state index in [0.29, 0.717) is 23.4 Å². The second-order valence-electron chi connectivity index (χ2n) is 11.4. The monoisotopic (exact) mass is 520 g/mol. The highest BCUT2D eigenvalue weighted by atomic mass is 16.5. The SMILES string of the molecule is Cc1noc(C)c1-c1cc(C(N)=O)c2c3cc(C(=O)N4CCC(C)(C)C4)ccc3n(Cc3ccccc3)c2c1. The van der Waals surface area contributed by atoms with Crippen LogP contribution in [0.3, 0.4) is 0 Å². The number of benzene rings is 3. The third-order valence-electron chi connectivity index (χ3n) is 7.95. The Bertz CT molecular complexity index is 1740. The summed E-state index contributed by atoms with van der Waals surface area (Å²) in [4.78, 5) is 28.4. The minimum absolute atomic E-state index is 0.0133. The molecule has 7 heteroatoms. The Morgan fingerprint density at radius 1 is 1.03 bits per heavy atom. The third-order valence-corrected chi connectivity index (χ3v) is 7.95. The van der Waals surface area contributed by atoms with E-state index in [-0.39, 0.29) is 11.3 Å². The molecule has 0 saturated carbocycles. The number of likely N-dealkylation sites (tertiary alicyclic amines) is 1. The van der Waals surface area contributed by atoms with Crippen molar-refractivity contribution in [2.45, 2.75) is 40.7 Å². The first kappa shape index (κ1) is 24.9. The van der Waals surface area contributed by atoms with E-state index < -0.39 is 5.91 Å². The van der Waals surface area contributed by atoms with Crippen molar-refractivity contribution in [3.8, 4) is 11.1 Å². The van der Waals surface area contributed by atoms with Crippen LogP contribution in [0.4, 0.5) is 0 Å². The summed E-state index contributed by atoms with van der Waals surface area (Å²) >= 11 is 0. The van der Waals surface area contributed by atoms with E-state index in [2.05, 4.69) is 41.8 Å². The van der Waals surface area contributed by atoms with Gasteiger partial charge in [-0.1, -0.05) is 49.3 Å². The number of primary amides is 1. The van der Waals surface area contributed by atoms with Crippen LogP contribution in [0.1, 0.15) is 58.0 Å². The van der Waals surface area contributed by atoms with Crippen LogP contribution in [0.25, 0.3) is 32.9 Å². The number of nitrogens with zero attached hydrogens (tertiary/aromatic N) is 3. The number of aryl methyl sites for hydroxylation is 2. The molecule has 39 heavy (non-hydrogen) atoms. The van der Waals surface area contributed by atoms with Gasteiger partial charge in [-0.25, -0.2) is 0 Å². The number of amides is 2. The van der Waals surface area contributed by atoms with Crippen LogP contribution in [0.5, 0.6) is 0 Å². The maximum absolute atomic E-state index is 13.5. The molecule has 0 radical (unpaired) electrons. The van der Waals surface area contributed by atoms with Crippen LogP contribution < -0.4 is 5.73 Å². The summed E-state index contributed by atoms with van der Waals surface area (Å²) in [6.45, 7) is 10.2. The smallest absolute Gasteiger partial charge is 0.253 e. The molecule has 2 aromatic heterocycles. The Morgan fingerprint density at radius 2 is 1.79 bits per heavy atom. The molecule has 0 atom stereocenters. The van der Waals surface area contributed by atoms with Crippen LogP contribution in [-0.2, 0) is 6.54 Å². The van der Waals surface area contributed by atoms with Crippen molar-refractivity contribution in [2.24, 2.45) is 11.1 Å². The molecule has 1 aliphatic rings. The topological polar surface area (TPSA) is 94.4 Å². The lowest BCUT2D eigenvalue weighted by Gasteiger charge is -2.20. The standard InChI is InChI=1S/C32H32N4O3/c1-19-28(20(2)39-34-19)23-15-25(30(33)37)29-24-14-22(31(38)35-13-12-32(3,4)18-35)10-11-26(24)36(27(29)16-23)17-21-8-6-5-7-9-21/h5-11,14-16H,12-13,17-18H2,1-4H3,(H2,33,37). The lowest BCUT2D eigenvalue weighted by molar-refractivity contribution is 0.0778. The maximum Gasteiger partial charge on any atom is 0.253 e. The fourth-order valence-corrected chi connectivity index (χ4v) is 6.00. The first-order valence-corrected chi connectivity index (χ1v) is 13.3. The zero-order chi connectivity index (χ0) is 27.5. The fraction of sp³-hybridized carbons (Fsp3) is 0.281. The zero-order valence-corrected chi connectivity index (χ0v) is 22.7. The molecule has 7 nitrogen and oxygen atoms in total. The molecule has 2 amide bonds. The maximum atomic E-state index is 13.5. The number of rotatable bonds is 5. The van der Waals surface area contributed by atoms with Gasteiger partial charge < -0.3 is 19.7 Å². The van der Waals surface area contributed by atoms with Gasteiger partial charge >= 0.3 is 0 Å². The predicted molar refractivity (Wildman–Crippen MR) is 153 cm³/mol. The summed E-state index contributed by atoms with van der Waals surface area (Å²) in [5, 5.41) is 5.71. The van der Waals surface area contributed by atoms with E-state index in [4.69, 9.17) is 10.3 Å². The van der Waals surface area contributed by atoms with Gasteiger partial charge in [0.15, 0.2) is 0 Å². The minimum atomic E-state index is -0.523. The van der Waals surface area contributed by atoms with Crippen molar-refractivity contribution in [1.82, 2.24) is 14.6 Å². The van der Waals surface area contributed by atoms with Crippen LogP contribution in [0.15, 0.2) is 65.2 Å². The quantitative estimate of drug-likeness (QED) is 0.304. The number of carbonyl (C=O) groups excluding carboxylic acids is 2. The Kier molecular flexibility index (Phi) is 5.83. The van der Waals surface area contributed by atoms with Gasteiger partial charge in [-0.15, -0.1) is 0 Å². The second kappa shape index (κ2) is 9.12. The summed E-state index contributed by atoms with van der Waals surface area (Å²) in [5.41, 5.74) is 12.5. The van der Waals surface area contributed by atoms with Gasteiger partial charge in [-0.3, -0.25) is 9.59 Å². The second-order valence-corrected chi connectivity index (χ2v) is 11.4. The van der Waals surface area contributed by atoms with Crippen molar-refractivity contribution < 1.29 is 14.1 Å². The van der Waals surface area contributed by atoms with E-state index >= 15 is 0 Å². The lowest BCUT2D eigenvalue weighted by atomic mass is 9.93. The van der Waals surface area contributed by atoms with Gasteiger partial charge in [0.25, 0.3) is 5.91 Å². The average molecular weight is 521 g/mol. The molecular weight excluding hydrogens is 488 g/mol. The van der Waals surface area contributed by atoms with Crippen LogP contribution >= 0.6 is 0 Å². The number of aromatic nitrogens is 2. The van der Waals surface area contributed by atoms with Crippen LogP contribution in [-0.4, -0.2) is 39.5 Å². The van der Waals surface area contributed by atoms with Crippen molar-refractivity contribution in [3.05, 3.63) is 88.8 Å². The summed E-state index contributed by atoms with van der Waals surface area (Å²) in [5.74, 6) is 0.166. The molecule has 1 fully saturated rings. The number of hydrogen-bond donors (Lipinski definition) is 1. The molecular formula is C32H32N4O3. The number of hydrogen-bond acceptors (Lipinski definition) is 4. The third kappa shape index (κ3) is 4.28. The molecule has 0 spiro atoms. The van der Waals surface area contributed by atoms with E-state index in [0.717, 1.165) is 63.7 Å². The van der Waals surface area contributed by atoms with Crippen LogP contribution in [0.2, 0.25) is 0 Å². The molecule has 0 bridgehead atoms. The number of carbonyl (C=O) groups is 2. The number of fused-ring (bicyclic) bond motifs is 3. The first-order chi connectivity index (χ1) is 18.6. The van der Waals surface area contributed by atoms with Gasteiger partial charge in [0.05, 0.1) is 11.2 Å². The van der Waals surface area contributed by atoms with Crippen LogP contribution in [0, 0.1) is 19.3 Å². The Balaban J connectivity index is 1.61. The molecule has 3 heterocycles. The predicted octanol–water partition coefficient (Wildman–Crippen LogP) is 6.09. The molecule has 1 aliphatic heterocycles. The Morgan fingerprint density at radius 3 is 2.44 bits per heavy atom. The summed E-state index contributed by atoms with van der Waals surface area (Å²) in [6.07, 6.45) is 0.980. The van der Waals surface area contributed by atoms with E-state index in [1.54, 1.807) is 0 Å². The molecule has 2 N–H and O–H groups in total. The van der Waals surface area contributed by atoms with Gasteiger partial charge in [0, 0.05) is 52.6 Å².